The van der Waals surface area contributed by atoms with Crippen LogP contribution in [-0.2, 0) is 13.5 Å². The molecular weight excluding hydrogens is 246 g/mol. The lowest BCUT2D eigenvalue weighted by molar-refractivity contribution is 0.665. The average Bonchev–Trinajstić information content (AvgIpc) is 2.76. The van der Waals surface area contributed by atoms with Gasteiger partial charge in [0.1, 0.15) is 5.82 Å². The van der Waals surface area contributed by atoms with Crippen molar-refractivity contribution in [1.29, 1.82) is 0 Å². The van der Waals surface area contributed by atoms with Crippen LogP contribution in [0.2, 0.25) is 0 Å². The van der Waals surface area contributed by atoms with E-state index in [0.29, 0.717) is 0 Å². The second-order valence-corrected chi connectivity index (χ2v) is 5.30. The minimum atomic E-state index is -0.0228. The lowest BCUT2D eigenvalue weighted by Crippen LogP contribution is -2.15. The van der Waals surface area contributed by atoms with E-state index in [2.05, 4.69) is 46.8 Å². The second kappa shape index (κ2) is 5.10. The zero-order chi connectivity index (χ0) is 14.1. The van der Waals surface area contributed by atoms with E-state index in [1.165, 1.54) is 5.56 Å². The number of rotatable bonds is 3. The van der Waals surface area contributed by atoms with Crippen LogP contribution in [0.1, 0.15) is 23.0 Å². The average molecular weight is 265 g/mol. The fourth-order valence-corrected chi connectivity index (χ4v) is 2.59. The van der Waals surface area contributed by atoms with Gasteiger partial charge in [-0.25, -0.2) is 4.98 Å². The zero-order valence-electron chi connectivity index (χ0n) is 11.9. The second-order valence-electron chi connectivity index (χ2n) is 5.30. The quantitative estimate of drug-likeness (QED) is 0.790. The molecule has 3 heteroatoms. The zero-order valence-corrected chi connectivity index (χ0v) is 11.9. The number of imidazole rings is 1. The number of nitrogens with zero attached hydrogens (tertiary/aromatic N) is 2. The van der Waals surface area contributed by atoms with Crippen molar-refractivity contribution in [3.8, 4) is 0 Å². The summed E-state index contributed by atoms with van der Waals surface area (Å²) < 4.78 is 2.13. The molecule has 3 nitrogen and oxygen atoms in total. The first-order chi connectivity index (χ1) is 9.65. The molecule has 0 amide bonds. The van der Waals surface area contributed by atoms with Crippen molar-refractivity contribution >= 4 is 11.0 Å². The first-order valence-electron chi connectivity index (χ1n) is 6.87. The minimum absolute atomic E-state index is 0.0228. The Labute approximate surface area is 119 Å². The molecule has 0 saturated heterocycles. The van der Waals surface area contributed by atoms with Gasteiger partial charge in [-0.1, -0.05) is 42.0 Å². The van der Waals surface area contributed by atoms with E-state index in [9.17, 15) is 0 Å². The van der Waals surface area contributed by atoms with E-state index in [1.807, 2.05) is 25.2 Å². The molecule has 1 unspecified atom stereocenters. The van der Waals surface area contributed by atoms with Crippen LogP contribution in [0.3, 0.4) is 0 Å². The standard InChI is InChI=1S/C17H19N3/c1-12-6-5-7-13(10-12)14(18)11-17-19-15-8-3-4-9-16(15)20(17)2/h3-10,14H,11,18H2,1-2H3. The molecular formula is C17H19N3. The van der Waals surface area contributed by atoms with E-state index in [4.69, 9.17) is 5.73 Å². The van der Waals surface area contributed by atoms with Crippen molar-refractivity contribution in [3.05, 3.63) is 65.5 Å². The summed E-state index contributed by atoms with van der Waals surface area (Å²) in [5.74, 6) is 1.03. The number of para-hydroxylation sites is 2. The van der Waals surface area contributed by atoms with Crippen LogP contribution >= 0.6 is 0 Å². The number of hydrogen-bond acceptors (Lipinski definition) is 2. The van der Waals surface area contributed by atoms with Gasteiger partial charge >= 0.3 is 0 Å². The van der Waals surface area contributed by atoms with Crippen LogP contribution in [0.15, 0.2) is 48.5 Å². The molecule has 0 aliphatic rings. The maximum Gasteiger partial charge on any atom is 0.111 e. The van der Waals surface area contributed by atoms with Gasteiger partial charge in [0.15, 0.2) is 0 Å². The normalized spacial score (nSPS) is 12.8. The van der Waals surface area contributed by atoms with Crippen LogP contribution < -0.4 is 5.73 Å². The Kier molecular flexibility index (Phi) is 3.28. The summed E-state index contributed by atoms with van der Waals surface area (Å²) in [6, 6.07) is 16.5. The summed E-state index contributed by atoms with van der Waals surface area (Å²) in [5, 5.41) is 0. The molecule has 3 aromatic rings. The van der Waals surface area contributed by atoms with Gasteiger partial charge in [0.05, 0.1) is 11.0 Å². The number of aromatic nitrogens is 2. The molecule has 0 radical (unpaired) electrons. The molecule has 0 aliphatic carbocycles. The summed E-state index contributed by atoms with van der Waals surface area (Å²) in [7, 11) is 2.05. The Morgan fingerprint density at radius 3 is 2.70 bits per heavy atom. The topological polar surface area (TPSA) is 43.8 Å². The fourth-order valence-electron chi connectivity index (χ4n) is 2.59. The number of aryl methyl sites for hydroxylation is 2. The van der Waals surface area contributed by atoms with Crippen LogP contribution in [0.5, 0.6) is 0 Å². The number of benzene rings is 2. The van der Waals surface area contributed by atoms with E-state index >= 15 is 0 Å². The van der Waals surface area contributed by atoms with Crippen LogP contribution in [-0.4, -0.2) is 9.55 Å². The van der Waals surface area contributed by atoms with Gasteiger partial charge in [-0.15, -0.1) is 0 Å². The Hall–Kier alpha value is -2.13. The molecule has 0 spiro atoms. The highest BCUT2D eigenvalue weighted by Crippen LogP contribution is 2.20. The molecule has 0 aliphatic heterocycles. The van der Waals surface area contributed by atoms with Crippen molar-refractivity contribution in [2.75, 3.05) is 0 Å². The van der Waals surface area contributed by atoms with Gasteiger partial charge in [0.25, 0.3) is 0 Å². The summed E-state index contributed by atoms with van der Waals surface area (Å²) >= 11 is 0. The van der Waals surface area contributed by atoms with Gasteiger partial charge in [0, 0.05) is 19.5 Å². The first-order valence-corrected chi connectivity index (χ1v) is 6.87. The first kappa shape index (κ1) is 12.9. The smallest absolute Gasteiger partial charge is 0.111 e. The van der Waals surface area contributed by atoms with Crippen molar-refractivity contribution in [2.24, 2.45) is 12.8 Å². The van der Waals surface area contributed by atoms with E-state index in [-0.39, 0.29) is 6.04 Å². The van der Waals surface area contributed by atoms with Crippen molar-refractivity contribution < 1.29 is 0 Å². The van der Waals surface area contributed by atoms with Crippen LogP contribution in [0, 0.1) is 6.92 Å². The summed E-state index contributed by atoms with van der Waals surface area (Å²) in [6.45, 7) is 2.09. The maximum atomic E-state index is 6.33. The predicted molar refractivity (Wildman–Crippen MR) is 82.5 cm³/mol. The molecule has 0 bridgehead atoms. The Balaban J connectivity index is 1.91. The van der Waals surface area contributed by atoms with Gasteiger partial charge in [-0.3, -0.25) is 0 Å². The fraction of sp³-hybridized carbons (Fsp3) is 0.235. The molecule has 102 valence electrons. The molecule has 2 aromatic carbocycles. The highest BCUT2D eigenvalue weighted by Gasteiger charge is 2.13. The van der Waals surface area contributed by atoms with Crippen molar-refractivity contribution in [2.45, 2.75) is 19.4 Å². The third-order valence-corrected chi connectivity index (χ3v) is 3.75. The van der Waals surface area contributed by atoms with Gasteiger partial charge in [0.2, 0.25) is 0 Å². The van der Waals surface area contributed by atoms with E-state index in [1.54, 1.807) is 0 Å². The molecule has 1 heterocycles. The highest BCUT2D eigenvalue weighted by molar-refractivity contribution is 5.75. The monoisotopic (exact) mass is 265 g/mol. The lowest BCUT2D eigenvalue weighted by Gasteiger charge is -2.12. The maximum absolute atomic E-state index is 6.33. The molecule has 20 heavy (non-hydrogen) atoms. The summed E-state index contributed by atoms with van der Waals surface area (Å²) in [6.07, 6.45) is 0.745. The molecule has 2 N–H and O–H groups in total. The van der Waals surface area contributed by atoms with E-state index < -0.39 is 0 Å². The molecule has 1 atom stereocenters. The molecule has 0 fully saturated rings. The number of nitrogens with two attached hydrogens (primary N) is 1. The third kappa shape index (κ3) is 2.32. The summed E-state index contributed by atoms with van der Waals surface area (Å²) in [4.78, 5) is 4.68. The van der Waals surface area contributed by atoms with Crippen LogP contribution in [0.4, 0.5) is 0 Å². The number of fused-ring (bicyclic) bond motifs is 1. The Morgan fingerprint density at radius 2 is 1.95 bits per heavy atom. The summed E-state index contributed by atoms with van der Waals surface area (Å²) in [5.41, 5.74) is 10.9. The largest absolute Gasteiger partial charge is 0.331 e. The third-order valence-electron chi connectivity index (χ3n) is 3.75. The SMILES string of the molecule is Cc1cccc(C(N)Cc2nc3ccccc3n2C)c1. The van der Waals surface area contributed by atoms with Gasteiger partial charge in [-0.2, -0.15) is 0 Å². The van der Waals surface area contributed by atoms with Crippen molar-refractivity contribution in [1.82, 2.24) is 9.55 Å². The molecule has 1 aromatic heterocycles. The Morgan fingerprint density at radius 1 is 1.15 bits per heavy atom. The lowest BCUT2D eigenvalue weighted by atomic mass is 10.0. The van der Waals surface area contributed by atoms with Gasteiger partial charge in [-0.05, 0) is 24.6 Å². The Bertz CT molecular complexity index is 743. The number of hydrogen-bond donors (Lipinski definition) is 1. The van der Waals surface area contributed by atoms with Crippen LogP contribution in [0.25, 0.3) is 11.0 Å². The minimum Gasteiger partial charge on any atom is -0.331 e. The van der Waals surface area contributed by atoms with E-state index in [0.717, 1.165) is 28.8 Å². The van der Waals surface area contributed by atoms with Crippen molar-refractivity contribution in [3.63, 3.8) is 0 Å². The predicted octanol–water partition coefficient (Wildman–Crippen LogP) is 3.12. The molecule has 3 rings (SSSR count). The molecule has 0 saturated carbocycles. The van der Waals surface area contributed by atoms with Gasteiger partial charge < -0.3 is 10.3 Å². The highest BCUT2D eigenvalue weighted by atomic mass is 15.1.